The van der Waals surface area contributed by atoms with Gasteiger partial charge in [-0.3, -0.25) is 0 Å². The van der Waals surface area contributed by atoms with Crippen LogP contribution in [0, 0.1) is 11.8 Å². The third-order valence-corrected chi connectivity index (χ3v) is 5.37. The van der Waals surface area contributed by atoms with E-state index in [4.69, 9.17) is 21.3 Å². The summed E-state index contributed by atoms with van der Waals surface area (Å²) in [7, 11) is 1.69. The molecule has 0 aliphatic heterocycles. The highest BCUT2D eigenvalue weighted by Gasteiger charge is 2.34. The average molecular weight is 307 g/mol. The zero-order chi connectivity index (χ0) is 15.0. The summed E-state index contributed by atoms with van der Waals surface area (Å²) in [6.45, 7) is 4.66. The smallest absolute Gasteiger partial charge is 0.146 e. The number of imidazole rings is 1. The van der Waals surface area contributed by atoms with Gasteiger partial charge in [0.2, 0.25) is 0 Å². The van der Waals surface area contributed by atoms with Crippen LogP contribution in [0.5, 0.6) is 5.75 Å². The summed E-state index contributed by atoms with van der Waals surface area (Å²) in [5, 5.41) is 0. The molecule has 0 radical (unpaired) electrons. The quantitative estimate of drug-likeness (QED) is 0.760. The molecule has 0 spiro atoms. The Morgan fingerprint density at radius 2 is 2.19 bits per heavy atom. The van der Waals surface area contributed by atoms with Crippen molar-refractivity contribution in [1.82, 2.24) is 9.55 Å². The van der Waals surface area contributed by atoms with Crippen molar-refractivity contribution in [3.05, 3.63) is 24.0 Å². The van der Waals surface area contributed by atoms with Gasteiger partial charge in [0, 0.05) is 6.04 Å². The van der Waals surface area contributed by atoms with Gasteiger partial charge in [-0.15, -0.1) is 11.6 Å². The summed E-state index contributed by atoms with van der Waals surface area (Å²) in [6, 6.07) is 6.63. The highest BCUT2D eigenvalue weighted by Crippen LogP contribution is 2.44. The van der Waals surface area contributed by atoms with E-state index in [1.54, 1.807) is 7.11 Å². The molecule has 0 bridgehead atoms. The Kier molecular flexibility index (Phi) is 4.12. The second-order valence-corrected chi connectivity index (χ2v) is 6.30. The van der Waals surface area contributed by atoms with E-state index in [2.05, 4.69) is 24.5 Å². The first-order chi connectivity index (χ1) is 10.2. The van der Waals surface area contributed by atoms with Crippen LogP contribution in [0.4, 0.5) is 0 Å². The Balaban J connectivity index is 2.13. The predicted octanol–water partition coefficient (Wildman–Crippen LogP) is 4.78. The normalized spacial score (nSPS) is 25.6. The van der Waals surface area contributed by atoms with E-state index in [1.165, 1.54) is 19.3 Å². The van der Waals surface area contributed by atoms with Gasteiger partial charge in [-0.2, -0.15) is 0 Å². The molecule has 3 unspecified atom stereocenters. The number of ether oxygens (including phenoxy) is 1. The van der Waals surface area contributed by atoms with Crippen LogP contribution in [0.25, 0.3) is 11.0 Å². The fraction of sp³-hybridized carbons (Fsp3) is 0.588. The van der Waals surface area contributed by atoms with Crippen molar-refractivity contribution in [2.45, 2.75) is 45.0 Å². The van der Waals surface area contributed by atoms with E-state index in [-0.39, 0.29) is 0 Å². The molecule has 1 aromatic carbocycles. The van der Waals surface area contributed by atoms with Crippen molar-refractivity contribution >= 4 is 22.6 Å². The number of halogens is 1. The molecule has 4 heteroatoms. The van der Waals surface area contributed by atoms with Crippen LogP contribution in [0.2, 0.25) is 0 Å². The summed E-state index contributed by atoms with van der Waals surface area (Å²) in [6.07, 6.45) is 3.77. The van der Waals surface area contributed by atoms with Gasteiger partial charge in [0.05, 0.1) is 18.5 Å². The standard InChI is InChI=1S/C17H23ClN2O/c1-4-12-8-9-13(11(12)2)20-14-6-5-7-15(21-3)17(14)19-16(20)10-18/h5-7,11-13H,4,8-10H2,1-3H3. The van der Waals surface area contributed by atoms with E-state index < -0.39 is 0 Å². The van der Waals surface area contributed by atoms with Crippen molar-refractivity contribution in [3.8, 4) is 5.75 Å². The SMILES string of the molecule is CCC1CCC(n2c(CCl)nc3c(OC)cccc32)C1C. The van der Waals surface area contributed by atoms with Gasteiger partial charge >= 0.3 is 0 Å². The lowest BCUT2D eigenvalue weighted by Crippen LogP contribution is -2.17. The molecule has 0 N–H and O–H groups in total. The molecule has 1 aliphatic rings. The van der Waals surface area contributed by atoms with Gasteiger partial charge < -0.3 is 9.30 Å². The third kappa shape index (κ3) is 2.32. The predicted molar refractivity (Wildman–Crippen MR) is 87.1 cm³/mol. The minimum Gasteiger partial charge on any atom is -0.494 e. The fourth-order valence-corrected chi connectivity index (χ4v) is 4.12. The minimum atomic E-state index is 0.442. The van der Waals surface area contributed by atoms with Crippen LogP contribution >= 0.6 is 11.6 Å². The van der Waals surface area contributed by atoms with Gasteiger partial charge in [-0.1, -0.05) is 26.3 Å². The molecule has 1 aliphatic carbocycles. The van der Waals surface area contributed by atoms with E-state index in [0.717, 1.165) is 28.5 Å². The molecule has 0 saturated heterocycles. The maximum absolute atomic E-state index is 6.17. The number of hydrogen-bond donors (Lipinski definition) is 0. The molecular formula is C17H23ClN2O. The first-order valence-corrected chi connectivity index (χ1v) is 8.34. The van der Waals surface area contributed by atoms with Crippen molar-refractivity contribution in [2.75, 3.05) is 7.11 Å². The fourth-order valence-electron chi connectivity index (χ4n) is 3.93. The number of aromatic nitrogens is 2. The molecule has 114 valence electrons. The Morgan fingerprint density at radius 3 is 2.81 bits per heavy atom. The maximum atomic E-state index is 6.17. The lowest BCUT2D eigenvalue weighted by Gasteiger charge is -2.23. The number of methoxy groups -OCH3 is 1. The van der Waals surface area contributed by atoms with Gasteiger partial charge in [0.15, 0.2) is 0 Å². The molecule has 1 saturated carbocycles. The Labute approximate surface area is 131 Å². The number of benzene rings is 1. The molecule has 2 aromatic rings. The van der Waals surface area contributed by atoms with Gasteiger partial charge in [-0.25, -0.2) is 4.98 Å². The molecule has 3 rings (SSSR count). The number of alkyl halides is 1. The van der Waals surface area contributed by atoms with Gasteiger partial charge in [0.25, 0.3) is 0 Å². The summed E-state index contributed by atoms with van der Waals surface area (Å²) < 4.78 is 7.82. The minimum absolute atomic E-state index is 0.442. The van der Waals surface area contributed by atoms with Gasteiger partial charge in [0.1, 0.15) is 17.1 Å². The summed E-state index contributed by atoms with van der Waals surface area (Å²) in [5.41, 5.74) is 2.08. The van der Waals surface area contributed by atoms with Crippen molar-refractivity contribution in [1.29, 1.82) is 0 Å². The van der Waals surface area contributed by atoms with E-state index in [9.17, 15) is 0 Å². The Bertz CT molecular complexity index is 637. The molecule has 1 fully saturated rings. The average Bonchev–Trinajstić information content (AvgIpc) is 3.06. The van der Waals surface area contributed by atoms with Crippen LogP contribution in [0.3, 0.4) is 0 Å². The Hall–Kier alpha value is -1.22. The Morgan fingerprint density at radius 1 is 1.38 bits per heavy atom. The number of rotatable bonds is 4. The van der Waals surface area contributed by atoms with Crippen molar-refractivity contribution in [3.63, 3.8) is 0 Å². The van der Waals surface area contributed by atoms with Crippen molar-refractivity contribution in [2.24, 2.45) is 11.8 Å². The highest BCUT2D eigenvalue weighted by molar-refractivity contribution is 6.16. The highest BCUT2D eigenvalue weighted by atomic mass is 35.5. The van der Waals surface area contributed by atoms with Crippen LogP contribution in [0.15, 0.2) is 18.2 Å². The molecule has 3 atom stereocenters. The second kappa shape index (κ2) is 5.88. The number of nitrogens with zero attached hydrogens (tertiary/aromatic N) is 2. The topological polar surface area (TPSA) is 27.1 Å². The number of fused-ring (bicyclic) bond motifs is 1. The maximum Gasteiger partial charge on any atom is 0.146 e. The lowest BCUT2D eigenvalue weighted by molar-refractivity contribution is 0.330. The lowest BCUT2D eigenvalue weighted by atomic mass is 9.93. The molecule has 1 heterocycles. The van der Waals surface area contributed by atoms with E-state index in [0.29, 0.717) is 17.8 Å². The van der Waals surface area contributed by atoms with E-state index >= 15 is 0 Å². The zero-order valence-corrected chi connectivity index (χ0v) is 13.7. The third-order valence-electron chi connectivity index (χ3n) is 5.14. The first-order valence-electron chi connectivity index (χ1n) is 7.81. The van der Waals surface area contributed by atoms with Crippen LogP contribution in [-0.4, -0.2) is 16.7 Å². The number of hydrogen-bond acceptors (Lipinski definition) is 2. The second-order valence-electron chi connectivity index (χ2n) is 6.03. The molecule has 21 heavy (non-hydrogen) atoms. The zero-order valence-electron chi connectivity index (χ0n) is 13.0. The van der Waals surface area contributed by atoms with E-state index in [1.807, 2.05) is 12.1 Å². The number of para-hydroxylation sites is 1. The van der Waals surface area contributed by atoms with Crippen LogP contribution in [0.1, 0.15) is 45.0 Å². The summed E-state index contributed by atoms with van der Waals surface area (Å²) >= 11 is 6.17. The van der Waals surface area contributed by atoms with Crippen LogP contribution < -0.4 is 4.74 Å². The monoisotopic (exact) mass is 306 g/mol. The molecular weight excluding hydrogens is 284 g/mol. The molecule has 1 aromatic heterocycles. The largest absolute Gasteiger partial charge is 0.494 e. The van der Waals surface area contributed by atoms with Crippen LogP contribution in [-0.2, 0) is 5.88 Å². The van der Waals surface area contributed by atoms with Gasteiger partial charge in [-0.05, 0) is 36.8 Å². The summed E-state index contributed by atoms with van der Waals surface area (Å²) in [4.78, 5) is 4.74. The summed E-state index contributed by atoms with van der Waals surface area (Å²) in [5.74, 6) is 3.71. The van der Waals surface area contributed by atoms with Crippen molar-refractivity contribution < 1.29 is 4.74 Å². The molecule has 0 amide bonds. The first kappa shape index (κ1) is 14.7. The molecule has 3 nitrogen and oxygen atoms in total.